The number of amides is 1. The van der Waals surface area contributed by atoms with Gasteiger partial charge in [-0.3, -0.25) is 14.9 Å². The molecule has 0 spiro atoms. The third-order valence-corrected chi connectivity index (χ3v) is 2.63. The molecule has 3 N–H and O–H groups in total. The number of oxazole rings is 1. The third-order valence-electron chi connectivity index (χ3n) is 2.63. The summed E-state index contributed by atoms with van der Waals surface area (Å²) >= 11 is 0. The second kappa shape index (κ2) is 4.45. The standard InChI is InChI=1S/C12H10N4O3/c17-10(6-7-4-5-13-16-7)14-8-2-1-3-9-11(8)19-12(18)15-9/h1-5H,6H2,(H,13,16)(H,14,17)(H,15,18). The molecule has 0 aliphatic rings. The van der Waals surface area contributed by atoms with E-state index >= 15 is 0 Å². The van der Waals surface area contributed by atoms with Crippen LogP contribution in [0.5, 0.6) is 0 Å². The van der Waals surface area contributed by atoms with E-state index < -0.39 is 5.76 Å². The average Bonchev–Trinajstić information content (AvgIpc) is 2.97. The number of fused-ring (bicyclic) bond motifs is 1. The number of aromatic amines is 2. The normalized spacial score (nSPS) is 10.7. The maximum absolute atomic E-state index is 11.8. The van der Waals surface area contributed by atoms with Crippen molar-refractivity contribution in [1.29, 1.82) is 0 Å². The van der Waals surface area contributed by atoms with E-state index in [1.165, 1.54) is 0 Å². The number of aromatic nitrogens is 3. The van der Waals surface area contributed by atoms with Gasteiger partial charge in [0.15, 0.2) is 5.58 Å². The number of H-pyrrole nitrogens is 2. The summed E-state index contributed by atoms with van der Waals surface area (Å²) in [5.74, 6) is -0.772. The van der Waals surface area contributed by atoms with Gasteiger partial charge < -0.3 is 9.73 Å². The van der Waals surface area contributed by atoms with Gasteiger partial charge >= 0.3 is 5.76 Å². The largest absolute Gasteiger partial charge is 0.417 e. The Morgan fingerprint density at radius 1 is 1.37 bits per heavy atom. The predicted octanol–water partition coefficient (Wildman–Crippen LogP) is 1.03. The molecule has 2 aromatic heterocycles. The van der Waals surface area contributed by atoms with Crippen LogP contribution in [0.1, 0.15) is 5.69 Å². The minimum Gasteiger partial charge on any atom is -0.406 e. The monoisotopic (exact) mass is 258 g/mol. The number of carbonyl (C=O) groups is 1. The van der Waals surface area contributed by atoms with Gasteiger partial charge in [-0.2, -0.15) is 5.10 Å². The molecular weight excluding hydrogens is 248 g/mol. The number of hydrogen-bond acceptors (Lipinski definition) is 4. The molecule has 0 saturated heterocycles. The molecular formula is C12H10N4O3. The highest BCUT2D eigenvalue weighted by Crippen LogP contribution is 2.20. The van der Waals surface area contributed by atoms with E-state index in [1.54, 1.807) is 30.5 Å². The Bertz CT molecular complexity index is 770. The second-order valence-corrected chi connectivity index (χ2v) is 4.00. The summed E-state index contributed by atoms with van der Waals surface area (Å²) in [5, 5.41) is 9.17. The van der Waals surface area contributed by atoms with Gasteiger partial charge in [0.05, 0.1) is 17.6 Å². The lowest BCUT2D eigenvalue weighted by Gasteiger charge is -2.04. The first-order chi connectivity index (χ1) is 9.22. The fourth-order valence-corrected chi connectivity index (χ4v) is 1.82. The number of hydrogen-bond donors (Lipinski definition) is 3. The molecule has 0 bridgehead atoms. The quantitative estimate of drug-likeness (QED) is 0.652. The highest BCUT2D eigenvalue weighted by molar-refractivity contribution is 5.99. The summed E-state index contributed by atoms with van der Waals surface area (Å²) in [6.07, 6.45) is 1.75. The summed E-state index contributed by atoms with van der Waals surface area (Å²) < 4.78 is 4.99. The number of para-hydroxylation sites is 1. The van der Waals surface area contributed by atoms with E-state index in [0.717, 1.165) is 0 Å². The molecule has 19 heavy (non-hydrogen) atoms. The zero-order chi connectivity index (χ0) is 13.2. The van der Waals surface area contributed by atoms with Gasteiger partial charge in [-0.15, -0.1) is 0 Å². The molecule has 2 heterocycles. The van der Waals surface area contributed by atoms with Crippen molar-refractivity contribution in [1.82, 2.24) is 15.2 Å². The van der Waals surface area contributed by atoms with Crippen LogP contribution in [0.2, 0.25) is 0 Å². The van der Waals surface area contributed by atoms with Gasteiger partial charge in [0.2, 0.25) is 5.91 Å². The predicted molar refractivity (Wildman–Crippen MR) is 67.8 cm³/mol. The summed E-state index contributed by atoms with van der Waals surface area (Å²) in [4.78, 5) is 25.5. The topological polar surface area (TPSA) is 104 Å². The lowest BCUT2D eigenvalue weighted by molar-refractivity contribution is -0.115. The number of rotatable bonds is 3. The molecule has 0 unspecified atom stereocenters. The Kier molecular flexibility index (Phi) is 2.64. The summed E-state index contributed by atoms with van der Waals surface area (Å²) in [6.45, 7) is 0. The molecule has 96 valence electrons. The van der Waals surface area contributed by atoms with Crippen molar-refractivity contribution in [2.24, 2.45) is 0 Å². The fourth-order valence-electron chi connectivity index (χ4n) is 1.82. The summed E-state index contributed by atoms with van der Waals surface area (Å²) in [5.41, 5.74) is 2.05. The van der Waals surface area contributed by atoms with Crippen molar-refractivity contribution in [3.05, 3.63) is 46.7 Å². The molecule has 0 radical (unpaired) electrons. The molecule has 1 amide bonds. The first kappa shape index (κ1) is 11.3. The molecule has 7 heteroatoms. The zero-order valence-electron chi connectivity index (χ0n) is 9.77. The third kappa shape index (κ3) is 2.25. The lowest BCUT2D eigenvalue weighted by atomic mass is 10.2. The molecule has 3 aromatic rings. The van der Waals surface area contributed by atoms with Crippen LogP contribution in [0.3, 0.4) is 0 Å². The number of benzene rings is 1. The van der Waals surface area contributed by atoms with Gasteiger partial charge in [0, 0.05) is 11.9 Å². The molecule has 0 aliphatic heterocycles. The van der Waals surface area contributed by atoms with Crippen LogP contribution >= 0.6 is 0 Å². The van der Waals surface area contributed by atoms with Crippen LogP contribution in [-0.2, 0) is 11.2 Å². The lowest BCUT2D eigenvalue weighted by Crippen LogP contribution is -2.14. The minimum absolute atomic E-state index is 0.172. The summed E-state index contributed by atoms with van der Waals surface area (Å²) in [7, 11) is 0. The second-order valence-electron chi connectivity index (χ2n) is 4.00. The Morgan fingerprint density at radius 3 is 3.05 bits per heavy atom. The van der Waals surface area contributed by atoms with Crippen LogP contribution in [0.25, 0.3) is 11.1 Å². The first-order valence-corrected chi connectivity index (χ1v) is 5.62. The van der Waals surface area contributed by atoms with Crippen molar-refractivity contribution >= 4 is 22.7 Å². The molecule has 1 aromatic carbocycles. The van der Waals surface area contributed by atoms with E-state index in [2.05, 4.69) is 20.5 Å². The average molecular weight is 258 g/mol. The molecule has 0 atom stereocenters. The Hall–Kier alpha value is -2.83. The van der Waals surface area contributed by atoms with E-state index in [1.807, 2.05) is 0 Å². The van der Waals surface area contributed by atoms with Gasteiger partial charge in [0.1, 0.15) is 0 Å². The zero-order valence-corrected chi connectivity index (χ0v) is 9.77. The van der Waals surface area contributed by atoms with Crippen molar-refractivity contribution in [3.63, 3.8) is 0 Å². The highest BCUT2D eigenvalue weighted by Gasteiger charge is 2.10. The Morgan fingerprint density at radius 2 is 2.26 bits per heavy atom. The first-order valence-electron chi connectivity index (χ1n) is 5.62. The van der Waals surface area contributed by atoms with Crippen molar-refractivity contribution in [2.75, 3.05) is 5.32 Å². The fraction of sp³-hybridized carbons (Fsp3) is 0.0833. The number of nitrogens with one attached hydrogen (secondary N) is 3. The highest BCUT2D eigenvalue weighted by atomic mass is 16.4. The smallest absolute Gasteiger partial charge is 0.406 e. The molecule has 0 fully saturated rings. The van der Waals surface area contributed by atoms with Crippen molar-refractivity contribution < 1.29 is 9.21 Å². The SMILES string of the molecule is O=C(Cc1ccn[nH]1)Nc1cccc2[nH]c(=O)oc12. The van der Waals surface area contributed by atoms with Gasteiger partial charge in [0.25, 0.3) is 0 Å². The van der Waals surface area contributed by atoms with Crippen LogP contribution in [0.15, 0.2) is 39.7 Å². The van der Waals surface area contributed by atoms with Crippen molar-refractivity contribution in [2.45, 2.75) is 6.42 Å². The molecule has 0 aliphatic carbocycles. The van der Waals surface area contributed by atoms with Crippen LogP contribution in [-0.4, -0.2) is 21.1 Å². The van der Waals surface area contributed by atoms with Crippen molar-refractivity contribution in [3.8, 4) is 0 Å². The minimum atomic E-state index is -0.551. The van der Waals surface area contributed by atoms with E-state index in [9.17, 15) is 9.59 Å². The molecule has 0 saturated carbocycles. The molecule has 7 nitrogen and oxygen atoms in total. The van der Waals surface area contributed by atoms with Gasteiger partial charge in [-0.1, -0.05) is 6.07 Å². The molecule has 3 rings (SSSR count). The van der Waals surface area contributed by atoms with Crippen LogP contribution in [0, 0.1) is 0 Å². The number of anilines is 1. The maximum Gasteiger partial charge on any atom is 0.417 e. The van der Waals surface area contributed by atoms with E-state index in [-0.39, 0.29) is 12.3 Å². The summed E-state index contributed by atoms with van der Waals surface area (Å²) in [6, 6.07) is 6.81. The Balaban J connectivity index is 1.85. The maximum atomic E-state index is 11.8. The van der Waals surface area contributed by atoms with Crippen LogP contribution < -0.4 is 11.1 Å². The van der Waals surface area contributed by atoms with Crippen LogP contribution in [0.4, 0.5) is 5.69 Å². The van der Waals surface area contributed by atoms with E-state index in [0.29, 0.717) is 22.5 Å². The Labute approximate surface area is 106 Å². The van der Waals surface area contributed by atoms with Gasteiger partial charge in [-0.25, -0.2) is 4.79 Å². The van der Waals surface area contributed by atoms with Gasteiger partial charge in [-0.05, 0) is 18.2 Å². The number of carbonyl (C=O) groups excluding carboxylic acids is 1. The number of nitrogens with zero attached hydrogens (tertiary/aromatic N) is 1. The van der Waals surface area contributed by atoms with E-state index in [4.69, 9.17) is 4.42 Å².